The normalized spacial score (nSPS) is 19.1. The van der Waals surface area contributed by atoms with E-state index in [1.165, 1.54) is 0 Å². The number of ether oxygens (including phenoxy) is 1. The Labute approximate surface area is 249 Å². The van der Waals surface area contributed by atoms with Crippen LogP contribution in [0.1, 0.15) is 29.5 Å². The quantitative estimate of drug-likeness (QED) is 0.467. The number of hydrogen-bond acceptors (Lipinski definition) is 7. The van der Waals surface area contributed by atoms with Gasteiger partial charge in [0.05, 0.1) is 5.52 Å². The number of oxazole rings is 1. The molecular formula is C31H38N6O6. The van der Waals surface area contributed by atoms with Crippen LogP contribution in [0, 0.1) is 6.92 Å². The van der Waals surface area contributed by atoms with E-state index in [9.17, 15) is 19.2 Å². The number of nitrogens with zero attached hydrogens (tertiary/aromatic N) is 4. The summed E-state index contributed by atoms with van der Waals surface area (Å²) in [5.41, 5.74) is 4.51. The largest absolute Gasteiger partial charge is 0.436 e. The number of hydrogen-bond donors (Lipinski definition) is 2. The smallest absolute Gasteiger partial charge is 0.417 e. The Balaban J connectivity index is 1.12. The maximum Gasteiger partial charge on any atom is 0.417 e. The number of likely N-dealkylation sites (tertiary alicyclic amines) is 1. The summed E-state index contributed by atoms with van der Waals surface area (Å²) in [5.74, 6) is -0.775. The van der Waals surface area contributed by atoms with Gasteiger partial charge in [0.25, 0.3) is 5.91 Å². The Kier molecular flexibility index (Phi) is 8.11. The lowest BCUT2D eigenvalue weighted by molar-refractivity contribution is -0.142. The number of carbonyl (C=O) groups excluding carboxylic acids is 3. The van der Waals surface area contributed by atoms with Crippen LogP contribution < -0.4 is 11.1 Å². The summed E-state index contributed by atoms with van der Waals surface area (Å²) in [5, 5.41) is 3.03. The van der Waals surface area contributed by atoms with Gasteiger partial charge in [-0.2, -0.15) is 0 Å². The molecule has 4 heterocycles. The zero-order chi connectivity index (χ0) is 30.1. The van der Waals surface area contributed by atoms with Gasteiger partial charge in [-0.05, 0) is 62.1 Å². The molecule has 43 heavy (non-hydrogen) atoms. The van der Waals surface area contributed by atoms with E-state index in [1.807, 2.05) is 49.2 Å². The van der Waals surface area contributed by atoms with Gasteiger partial charge in [-0.3, -0.25) is 9.78 Å². The number of fused-ring (bicyclic) bond motifs is 2. The number of piperidine rings is 1. The van der Waals surface area contributed by atoms with Crippen LogP contribution in [-0.2, 0) is 22.4 Å². The predicted octanol–water partition coefficient (Wildman–Crippen LogP) is 2.81. The number of aromatic nitrogens is 1. The SMILES string of the molecule is Cc1cc(C[C@@H](OC(=O)N2CCC(N3CCc4ccccc4NC3=O)CC2)C(=O)N2CCN(C)CC2)cc2oc(=O)[nH]c12. The predicted molar refractivity (Wildman–Crippen MR) is 160 cm³/mol. The molecule has 0 unspecified atom stereocenters. The van der Waals surface area contributed by atoms with Crippen LogP contribution in [-0.4, -0.2) is 108 Å². The van der Waals surface area contributed by atoms with E-state index in [-0.39, 0.29) is 24.4 Å². The Morgan fingerprint density at radius 2 is 1.74 bits per heavy atom. The molecular weight excluding hydrogens is 552 g/mol. The average molecular weight is 591 g/mol. The summed E-state index contributed by atoms with van der Waals surface area (Å²) in [6.07, 6.45) is 0.616. The van der Waals surface area contributed by atoms with Crippen molar-refractivity contribution in [1.29, 1.82) is 0 Å². The van der Waals surface area contributed by atoms with Crippen LogP contribution in [0.3, 0.4) is 0 Å². The van der Waals surface area contributed by atoms with Gasteiger partial charge in [0.2, 0.25) is 0 Å². The molecule has 1 aromatic heterocycles. The number of urea groups is 1. The van der Waals surface area contributed by atoms with Crippen molar-refractivity contribution in [3.05, 3.63) is 63.6 Å². The second-order valence-electron chi connectivity index (χ2n) is 11.8. The van der Waals surface area contributed by atoms with Crippen LogP contribution >= 0.6 is 0 Å². The summed E-state index contributed by atoms with van der Waals surface area (Å²) < 4.78 is 11.2. The molecule has 2 N–H and O–H groups in total. The average Bonchev–Trinajstić information content (AvgIpc) is 3.29. The maximum atomic E-state index is 13.7. The van der Waals surface area contributed by atoms with Gasteiger partial charge in [-0.25, -0.2) is 14.4 Å². The van der Waals surface area contributed by atoms with Crippen molar-refractivity contribution in [2.45, 2.75) is 44.8 Å². The molecule has 0 aliphatic carbocycles. The molecule has 4 amide bonds. The van der Waals surface area contributed by atoms with Crippen LogP contribution in [0.5, 0.6) is 0 Å². The molecule has 228 valence electrons. The minimum Gasteiger partial charge on any atom is -0.436 e. The number of para-hydroxylation sites is 1. The number of anilines is 1. The number of nitrogens with one attached hydrogen (secondary N) is 2. The van der Waals surface area contributed by atoms with Crippen molar-refractivity contribution in [2.75, 3.05) is 58.2 Å². The molecule has 2 fully saturated rings. The highest BCUT2D eigenvalue weighted by Crippen LogP contribution is 2.26. The molecule has 3 aliphatic heterocycles. The second-order valence-corrected chi connectivity index (χ2v) is 11.8. The van der Waals surface area contributed by atoms with Crippen molar-refractivity contribution in [3.8, 4) is 0 Å². The number of benzene rings is 2. The van der Waals surface area contributed by atoms with Gasteiger partial charge in [0.15, 0.2) is 11.7 Å². The standard InChI is InChI=1S/C31H38N6O6/c1-20-17-21(18-25-27(20)33-30(40)42-25)19-26(28(38)35-15-13-34(2)14-16-35)43-31(41)36-10-8-23(9-11-36)37-12-7-22-5-3-4-6-24(22)32-29(37)39/h3-6,17-18,23,26H,7-16,19H2,1-2H3,(H,32,39)(H,33,40)/t26-/m1/s1. The van der Waals surface area contributed by atoms with Crippen LogP contribution in [0.2, 0.25) is 0 Å². The monoisotopic (exact) mass is 590 g/mol. The molecule has 0 bridgehead atoms. The third kappa shape index (κ3) is 6.24. The molecule has 3 aliphatic rings. The second kappa shape index (κ2) is 12.1. The fraction of sp³-hybridized carbons (Fsp3) is 0.484. The first kappa shape index (κ1) is 28.8. The molecule has 12 heteroatoms. The summed E-state index contributed by atoms with van der Waals surface area (Å²) in [7, 11) is 2.01. The highest BCUT2D eigenvalue weighted by molar-refractivity contribution is 5.91. The van der Waals surface area contributed by atoms with Gasteiger partial charge in [-0.15, -0.1) is 0 Å². The van der Waals surface area contributed by atoms with Gasteiger partial charge < -0.3 is 34.1 Å². The Morgan fingerprint density at radius 3 is 2.51 bits per heavy atom. The van der Waals surface area contributed by atoms with Crippen LogP contribution in [0.15, 0.2) is 45.6 Å². The van der Waals surface area contributed by atoms with E-state index in [0.29, 0.717) is 56.7 Å². The molecule has 1 atom stereocenters. The third-order valence-electron chi connectivity index (χ3n) is 8.85. The molecule has 3 aromatic rings. The minimum absolute atomic E-state index is 0.00633. The molecule has 0 saturated carbocycles. The number of carbonyl (C=O) groups is 3. The summed E-state index contributed by atoms with van der Waals surface area (Å²) >= 11 is 0. The number of rotatable bonds is 5. The van der Waals surface area contributed by atoms with Gasteiger partial charge >= 0.3 is 17.9 Å². The van der Waals surface area contributed by atoms with E-state index in [1.54, 1.807) is 15.9 Å². The first-order valence-electron chi connectivity index (χ1n) is 15.0. The van der Waals surface area contributed by atoms with Crippen molar-refractivity contribution >= 4 is 34.8 Å². The fourth-order valence-electron chi connectivity index (χ4n) is 6.33. The van der Waals surface area contributed by atoms with Crippen LogP contribution in [0.25, 0.3) is 11.1 Å². The lowest BCUT2D eigenvalue weighted by Crippen LogP contribution is -2.53. The Bertz CT molecular complexity index is 1570. The molecule has 2 saturated heterocycles. The number of aromatic amines is 1. The van der Waals surface area contributed by atoms with E-state index in [4.69, 9.17) is 9.15 Å². The molecule has 0 radical (unpaired) electrons. The zero-order valence-electron chi connectivity index (χ0n) is 24.6. The summed E-state index contributed by atoms with van der Waals surface area (Å²) in [4.78, 5) is 62.0. The highest BCUT2D eigenvalue weighted by atomic mass is 16.6. The molecule has 0 spiro atoms. The van der Waals surface area contributed by atoms with Gasteiger partial charge in [-0.1, -0.05) is 24.3 Å². The fourth-order valence-corrected chi connectivity index (χ4v) is 6.33. The highest BCUT2D eigenvalue weighted by Gasteiger charge is 2.35. The Morgan fingerprint density at radius 1 is 1.00 bits per heavy atom. The van der Waals surface area contributed by atoms with E-state index in [0.717, 1.165) is 41.9 Å². The molecule has 2 aromatic carbocycles. The zero-order valence-corrected chi connectivity index (χ0v) is 24.6. The minimum atomic E-state index is -1.02. The number of piperazine rings is 1. The van der Waals surface area contributed by atoms with E-state index < -0.39 is 18.0 Å². The van der Waals surface area contributed by atoms with Crippen molar-refractivity contribution in [2.24, 2.45) is 0 Å². The first-order chi connectivity index (χ1) is 20.7. The lowest BCUT2D eigenvalue weighted by Gasteiger charge is -2.38. The summed E-state index contributed by atoms with van der Waals surface area (Å²) in [6, 6.07) is 11.3. The topological polar surface area (TPSA) is 131 Å². The van der Waals surface area contributed by atoms with Crippen molar-refractivity contribution in [3.63, 3.8) is 0 Å². The van der Waals surface area contributed by atoms with Gasteiger partial charge in [0, 0.05) is 64.0 Å². The van der Waals surface area contributed by atoms with E-state index in [2.05, 4.69) is 15.2 Å². The van der Waals surface area contributed by atoms with E-state index >= 15 is 0 Å². The third-order valence-corrected chi connectivity index (χ3v) is 8.85. The van der Waals surface area contributed by atoms with Crippen molar-refractivity contribution in [1.82, 2.24) is 24.6 Å². The number of likely N-dealkylation sites (N-methyl/N-ethyl adjacent to an activating group) is 1. The molecule has 12 nitrogen and oxygen atoms in total. The Hall–Kier alpha value is -4.32. The number of aryl methyl sites for hydroxylation is 1. The first-order valence-corrected chi connectivity index (χ1v) is 15.0. The van der Waals surface area contributed by atoms with Crippen molar-refractivity contribution < 1.29 is 23.5 Å². The number of H-pyrrole nitrogens is 1. The van der Waals surface area contributed by atoms with Gasteiger partial charge in [0.1, 0.15) is 0 Å². The van der Waals surface area contributed by atoms with Crippen LogP contribution in [0.4, 0.5) is 15.3 Å². The summed E-state index contributed by atoms with van der Waals surface area (Å²) in [6.45, 7) is 5.93. The maximum absolute atomic E-state index is 13.7. The number of amides is 4. The molecule has 6 rings (SSSR count). The lowest BCUT2D eigenvalue weighted by atomic mass is 10.0.